The van der Waals surface area contributed by atoms with Gasteiger partial charge < -0.3 is 9.30 Å². The molecule has 1 aromatic heterocycles. The average molecular weight is 278 g/mol. The summed E-state index contributed by atoms with van der Waals surface area (Å²) in [5, 5.41) is 0. The predicted molar refractivity (Wildman–Crippen MR) is 80.3 cm³/mol. The molecule has 0 fully saturated rings. The van der Waals surface area contributed by atoms with Gasteiger partial charge in [0, 0.05) is 17.4 Å². The fourth-order valence-corrected chi connectivity index (χ4v) is 2.11. The fourth-order valence-electron chi connectivity index (χ4n) is 2.11. The summed E-state index contributed by atoms with van der Waals surface area (Å²) in [6.45, 7) is 0. The minimum absolute atomic E-state index is 0.336. The van der Waals surface area contributed by atoms with E-state index >= 15 is 0 Å². The lowest BCUT2D eigenvalue weighted by Gasteiger charge is -2.03. The quantitative estimate of drug-likeness (QED) is 0.690. The zero-order valence-corrected chi connectivity index (χ0v) is 11.6. The van der Waals surface area contributed by atoms with Crippen LogP contribution < -0.4 is 0 Å². The van der Waals surface area contributed by atoms with Crippen LogP contribution >= 0.6 is 0 Å². The largest absolute Gasteiger partial charge is 0.465 e. The molecular weight excluding hydrogens is 264 g/mol. The summed E-state index contributed by atoms with van der Waals surface area (Å²) in [5.74, 6) is -0.336. The normalized spacial score (nSPS) is 10.3. The Morgan fingerprint density at radius 1 is 1.05 bits per heavy atom. The Balaban J connectivity index is 1.88. The van der Waals surface area contributed by atoms with Crippen LogP contribution in [-0.4, -0.2) is 22.6 Å². The highest BCUT2D eigenvalue weighted by atomic mass is 16.5. The summed E-state index contributed by atoms with van der Waals surface area (Å²) in [6, 6.07) is 17.2. The van der Waals surface area contributed by atoms with E-state index in [2.05, 4.69) is 9.72 Å². The Kier molecular flexibility index (Phi) is 3.51. The van der Waals surface area contributed by atoms with E-state index in [1.807, 2.05) is 53.2 Å². The van der Waals surface area contributed by atoms with Crippen molar-refractivity contribution in [2.45, 2.75) is 0 Å². The first kappa shape index (κ1) is 13.1. The van der Waals surface area contributed by atoms with Crippen molar-refractivity contribution in [1.82, 2.24) is 9.55 Å². The second-order valence-corrected chi connectivity index (χ2v) is 4.57. The number of rotatable bonds is 3. The lowest BCUT2D eigenvalue weighted by molar-refractivity contribution is 0.0601. The van der Waals surface area contributed by atoms with Gasteiger partial charge in [-0.1, -0.05) is 30.3 Å². The number of hydrogen-bond donors (Lipinski definition) is 0. The molecule has 0 spiro atoms. The summed E-state index contributed by atoms with van der Waals surface area (Å²) in [6.07, 6.45) is 3.72. The number of methoxy groups -OCH3 is 1. The Hall–Kier alpha value is -2.88. The molecule has 21 heavy (non-hydrogen) atoms. The van der Waals surface area contributed by atoms with E-state index in [1.165, 1.54) is 7.11 Å². The standard InChI is InChI=1S/C17H14N2O2/c1-21-17(20)14-7-9-15(10-8-14)19-11-16(18-12-19)13-5-3-2-4-6-13/h2-12H,1H3. The smallest absolute Gasteiger partial charge is 0.337 e. The third kappa shape index (κ3) is 2.69. The fraction of sp³-hybridized carbons (Fsp3) is 0.0588. The first-order valence-corrected chi connectivity index (χ1v) is 6.56. The van der Waals surface area contributed by atoms with Crippen molar-refractivity contribution in [3.8, 4) is 16.9 Å². The van der Waals surface area contributed by atoms with Gasteiger partial charge in [0.1, 0.15) is 0 Å². The highest BCUT2D eigenvalue weighted by Gasteiger charge is 2.06. The number of hydrogen-bond acceptors (Lipinski definition) is 3. The highest BCUT2D eigenvalue weighted by molar-refractivity contribution is 5.89. The lowest BCUT2D eigenvalue weighted by Crippen LogP contribution is -2.01. The van der Waals surface area contributed by atoms with Crippen LogP contribution in [0.2, 0.25) is 0 Å². The maximum atomic E-state index is 11.4. The van der Waals surface area contributed by atoms with E-state index in [0.717, 1.165) is 16.9 Å². The summed E-state index contributed by atoms with van der Waals surface area (Å²) in [4.78, 5) is 15.8. The molecule has 104 valence electrons. The van der Waals surface area contributed by atoms with Gasteiger partial charge in [0.15, 0.2) is 0 Å². The van der Waals surface area contributed by atoms with Gasteiger partial charge >= 0.3 is 5.97 Å². The Morgan fingerprint density at radius 3 is 2.43 bits per heavy atom. The van der Waals surface area contributed by atoms with Crippen LogP contribution in [0, 0.1) is 0 Å². The maximum Gasteiger partial charge on any atom is 0.337 e. The third-order valence-electron chi connectivity index (χ3n) is 3.24. The van der Waals surface area contributed by atoms with Gasteiger partial charge in [0.25, 0.3) is 0 Å². The van der Waals surface area contributed by atoms with Crippen molar-refractivity contribution < 1.29 is 9.53 Å². The van der Waals surface area contributed by atoms with Crippen molar-refractivity contribution in [3.63, 3.8) is 0 Å². The van der Waals surface area contributed by atoms with Crippen LogP contribution in [0.5, 0.6) is 0 Å². The number of ether oxygens (including phenoxy) is 1. The van der Waals surface area contributed by atoms with Crippen molar-refractivity contribution in [2.75, 3.05) is 7.11 Å². The molecule has 3 aromatic rings. The van der Waals surface area contributed by atoms with Crippen LogP contribution in [-0.2, 0) is 4.74 Å². The van der Waals surface area contributed by atoms with Crippen LogP contribution in [0.25, 0.3) is 16.9 Å². The molecule has 0 saturated carbocycles. The van der Waals surface area contributed by atoms with E-state index in [-0.39, 0.29) is 5.97 Å². The van der Waals surface area contributed by atoms with Gasteiger partial charge in [-0.2, -0.15) is 0 Å². The first-order valence-electron chi connectivity index (χ1n) is 6.56. The summed E-state index contributed by atoms with van der Waals surface area (Å²) in [7, 11) is 1.37. The number of imidazole rings is 1. The molecule has 3 rings (SSSR count). The second kappa shape index (κ2) is 5.63. The van der Waals surface area contributed by atoms with E-state index in [9.17, 15) is 4.79 Å². The molecule has 0 amide bonds. The molecule has 0 atom stereocenters. The highest BCUT2D eigenvalue weighted by Crippen LogP contribution is 2.18. The Bertz CT molecular complexity index is 746. The van der Waals surface area contributed by atoms with Crippen LogP contribution in [0.4, 0.5) is 0 Å². The Labute approximate surface area is 122 Å². The first-order chi connectivity index (χ1) is 10.3. The summed E-state index contributed by atoms with van der Waals surface area (Å²) >= 11 is 0. The van der Waals surface area contributed by atoms with E-state index < -0.39 is 0 Å². The van der Waals surface area contributed by atoms with Gasteiger partial charge in [-0.15, -0.1) is 0 Å². The lowest BCUT2D eigenvalue weighted by atomic mass is 10.2. The molecule has 4 nitrogen and oxygen atoms in total. The van der Waals surface area contributed by atoms with Gasteiger partial charge in [-0.3, -0.25) is 0 Å². The molecule has 0 saturated heterocycles. The van der Waals surface area contributed by atoms with E-state index in [4.69, 9.17) is 0 Å². The number of carbonyl (C=O) groups excluding carboxylic acids is 1. The van der Waals surface area contributed by atoms with Crippen LogP contribution in [0.3, 0.4) is 0 Å². The molecule has 0 bridgehead atoms. The van der Waals surface area contributed by atoms with E-state index in [0.29, 0.717) is 5.56 Å². The van der Waals surface area contributed by atoms with Gasteiger partial charge in [-0.25, -0.2) is 9.78 Å². The molecule has 0 aliphatic rings. The van der Waals surface area contributed by atoms with Gasteiger partial charge in [-0.05, 0) is 24.3 Å². The zero-order chi connectivity index (χ0) is 14.7. The minimum Gasteiger partial charge on any atom is -0.465 e. The molecule has 0 radical (unpaired) electrons. The van der Waals surface area contributed by atoms with Gasteiger partial charge in [0.05, 0.1) is 24.7 Å². The zero-order valence-electron chi connectivity index (χ0n) is 11.6. The van der Waals surface area contributed by atoms with E-state index in [1.54, 1.807) is 18.5 Å². The monoisotopic (exact) mass is 278 g/mol. The molecule has 1 heterocycles. The molecule has 0 aliphatic heterocycles. The topological polar surface area (TPSA) is 44.1 Å². The molecule has 0 unspecified atom stereocenters. The third-order valence-corrected chi connectivity index (χ3v) is 3.24. The van der Waals surface area contributed by atoms with Crippen LogP contribution in [0.1, 0.15) is 10.4 Å². The SMILES string of the molecule is COC(=O)c1ccc(-n2cnc(-c3ccccc3)c2)cc1. The predicted octanol–water partition coefficient (Wildman–Crippen LogP) is 3.33. The number of benzene rings is 2. The molecular formula is C17H14N2O2. The average Bonchev–Trinajstić information content (AvgIpc) is 3.05. The summed E-state index contributed by atoms with van der Waals surface area (Å²) in [5.41, 5.74) is 3.46. The Morgan fingerprint density at radius 2 is 1.76 bits per heavy atom. The van der Waals surface area contributed by atoms with Crippen LogP contribution in [0.15, 0.2) is 67.1 Å². The van der Waals surface area contributed by atoms with Crippen molar-refractivity contribution >= 4 is 5.97 Å². The van der Waals surface area contributed by atoms with Crippen molar-refractivity contribution in [2.24, 2.45) is 0 Å². The summed E-state index contributed by atoms with van der Waals surface area (Å²) < 4.78 is 6.61. The van der Waals surface area contributed by atoms with Crippen molar-refractivity contribution in [1.29, 1.82) is 0 Å². The van der Waals surface area contributed by atoms with Crippen molar-refractivity contribution in [3.05, 3.63) is 72.7 Å². The maximum absolute atomic E-state index is 11.4. The molecule has 0 N–H and O–H groups in total. The number of carbonyl (C=O) groups is 1. The number of nitrogens with zero attached hydrogens (tertiary/aromatic N) is 2. The molecule has 4 heteroatoms. The second-order valence-electron chi connectivity index (χ2n) is 4.57. The molecule has 0 aliphatic carbocycles. The minimum atomic E-state index is -0.336. The molecule has 2 aromatic carbocycles. The van der Waals surface area contributed by atoms with Gasteiger partial charge in [0.2, 0.25) is 0 Å². The number of aromatic nitrogens is 2. The number of esters is 1.